The van der Waals surface area contributed by atoms with E-state index in [2.05, 4.69) is 15.6 Å². The van der Waals surface area contributed by atoms with Crippen molar-refractivity contribution in [3.8, 4) is 0 Å². The Labute approximate surface area is 206 Å². The van der Waals surface area contributed by atoms with E-state index < -0.39 is 17.4 Å². The molecular formula is C27H35FN4O3. The smallest absolute Gasteiger partial charge is 0.247 e. The van der Waals surface area contributed by atoms with Gasteiger partial charge in [-0.2, -0.15) is 0 Å². The van der Waals surface area contributed by atoms with Gasteiger partial charge in [-0.05, 0) is 63.4 Å². The van der Waals surface area contributed by atoms with E-state index >= 15 is 0 Å². The Balaban J connectivity index is 1.86. The summed E-state index contributed by atoms with van der Waals surface area (Å²) in [4.78, 5) is 45.3. The van der Waals surface area contributed by atoms with E-state index in [-0.39, 0.29) is 36.6 Å². The molecule has 0 radical (unpaired) electrons. The first-order chi connectivity index (χ1) is 16.6. The molecule has 0 saturated heterocycles. The first-order valence-electron chi connectivity index (χ1n) is 12.2. The van der Waals surface area contributed by atoms with Crippen LogP contribution in [0.2, 0.25) is 0 Å². The Kier molecular flexibility index (Phi) is 8.95. The zero-order valence-corrected chi connectivity index (χ0v) is 20.7. The van der Waals surface area contributed by atoms with Gasteiger partial charge in [0.1, 0.15) is 17.7 Å². The lowest BCUT2D eigenvalue weighted by atomic mass is 9.90. The average molecular weight is 483 g/mol. The number of carbonyl (C=O) groups is 3. The van der Waals surface area contributed by atoms with Gasteiger partial charge in [0.25, 0.3) is 0 Å². The van der Waals surface area contributed by atoms with Crippen molar-refractivity contribution < 1.29 is 18.8 Å². The first kappa shape index (κ1) is 26.3. The second kappa shape index (κ2) is 11.9. The number of nitrogens with zero attached hydrogens (tertiary/aromatic N) is 2. The van der Waals surface area contributed by atoms with Crippen molar-refractivity contribution >= 4 is 23.5 Å². The average Bonchev–Trinajstić information content (AvgIpc) is 2.82. The molecule has 1 aromatic heterocycles. The second-order valence-corrected chi connectivity index (χ2v) is 10.0. The third-order valence-electron chi connectivity index (χ3n) is 5.96. The lowest BCUT2D eigenvalue weighted by Gasteiger charge is -2.40. The number of pyridine rings is 1. The van der Waals surface area contributed by atoms with Gasteiger partial charge in [0.15, 0.2) is 0 Å². The molecule has 1 aliphatic carbocycles. The van der Waals surface area contributed by atoms with Gasteiger partial charge < -0.3 is 15.5 Å². The molecule has 3 rings (SSSR count). The van der Waals surface area contributed by atoms with Crippen LogP contribution in [0.15, 0.2) is 48.7 Å². The predicted octanol–water partition coefficient (Wildman–Crippen LogP) is 4.76. The summed E-state index contributed by atoms with van der Waals surface area (Å²) in [6, 6.07) is 9.86. The molecule has 2 N–H and O–H groups in total. The van der Waals surface area contributed by atoms with E-state index in [0.29, 0.717) is 11.4 Å². The SMILES string of the molecule is CC(C)(C)NC(=O)[C@@H](c1ccc(F)cc1)N(C(=O)CCC(=O)Nc1ccccn1)C1CCCCC1. The van der Waals surface area contributed by atoms with Gasteiger partial charge in [-0.15, -0.1) is 0 Å². The predicted molar refractivity (Wildman–Crippen MR) is 133 cm³/mol. The fourth-order valence-electron chi connectivity index (χ4n) is 4.43. The van der Waals surface area contributed by atoms with Gasteiger partial charge in [0.2, 0.25) is 17.7 Å². The summed E-state index contributed by atoms with van der Waals surface area (Å²) in [5.74, 6) is -0.904. The van der Waals surface area contributed by atoms with Crippen LogP contribution in [0.3, 0.4) is 0 Å². The summed E-state index contributed by atoms with van der Waals surface area (Å²) in [7, 11) is 0. The minimum absolute atomic E-state index is 0.0321. The highest BCUT2D eigenvalue weighted by Crippen LogP contribution is 2.32. The maximum absolute atomic E-state index is 13.7. The van der Waals surface area contributed by atoms with E-state index in [1.807, 2.05) is 20.8 Å². The molecule has 1 aromatic carbocycles. The molecule has 0 bridgehead atoms. The molecule has 1 saturated carbocycles. The van der Waals surface area contributed by atoms with Crippen molar-refractivity contribution in [2.24, 2.45) is 0 Å². The quantitative estimate of drug-likeness (QED) is 0.568. The van der Waals surface area contributed by atoms with Crippen LogP contribution in [0.5, 0.6) is 0 Å². The summed E-state index contributed by atoms with van der Waals surface area (Å²) in [6.45, 7) is 5.63. The van der Waals surface area contributed by atoms with Gasteiger partial charge >= 0.3 is 0 Å². The lowest BCUT2D eigenvalue weighted by molar-refractivity contribution is -0.145. The zero-order chi connectivity index (χ0) is 25.4. The number of rotatable bonds is 8. The largest absolute Gasteiger partial charge is 0.349 e. The van der Waals surface area contributed by atoms with E-state index in [1.54, 1.807) is 41.4 Å². The Hall–Kier alpha value is -3.29. The molecule has 2 aromatic rings. The van der Waals surface area contributed by atoms with Crippen LogP contribution in [-0.2, 0) is 14.4 Å². The Morgan fingerprint density at radius 1 is 1.03 bits per heavy atom. The minimum Gasteiger partial charge on any atom is -0.349 e. The van der Waals surface area contributed by atoms with E-state index in [0.717, 1.165) is 32.1 Å². The van der Waals surface area contributed by atoms with E-state index in [1.165, 1.54) is 12.1 Å². The summed E-state index contributed by atoms with van der Waals surface area (Å²) < 4.78 is 13.7. The van der Waals surface area contributed by atoms with Gasteiger partial charge in [-0.25, -0.2) is 9.37 Å². The Morgan fingerprint density at radius 3 is 2.31 bits per heavy atom. The van der Waals surface area contributed by atoms with Gasteiger partial charge in [0, 0.05) is 30.6 Å². The molecular weight excluding hydrogens is 447 g/mol. The van der Waals surface area contributed by atoms with Gasteiger partial charge in [-0.1, -0.05) is 37.5 Å². The number of nitrogens with one attached hydrogen (secondary N) is 2. The fraction of sp³-hybridized carbons (Fsp3) is 0.481. The number of amides is 3. The number of carbonyl (C=O) groups excluding carboxylic acids is 3. The molecule has 0 aliphatic heterocycles. The molecule has 1 fully saturated rings. The van der Waals surface area contributed by atoms with Crippen LogP contribution in [-0.4, -0.2) is 39.2 Å². The molecule has 35 heavy (non-hydrogen) atoms. The van der Waals surface area contributed by atoms with Crippen molar-refractivity contribution in [3.63, 3.8) is 0 Å². The van der Waals surface area contributed by atoms with Crippen LogP contribution in [0.4, 0.5) is 10.2 Å². The van der Waals surface area contributed by atoms with Crippen molar-refractivity contribution in [2.45, 2.75) is 83.3 Å². The number of aromatic nitrogens is 1. The molecule has 188 valence electrons. The van der Waals surface area contributed by atoms with Gasteiger partial charge in [-0.3, -0.25) is 14.4 Å². The van der Waals surface area contributed by atoms with Crippen molar-refractivity contribution in [3.05, 3.63) is 60.0 Å². The minimum atomic E-state index is -0.913. The second-order valence-electron chi connectivity index (χ2n) is 10.0. The van der Waals surface area contributed by atoms with Crippen molar-refractivity contribution in [1.29, 1.82) is 0 Å². The Morgan fingerprint density at radius 2 is 1.71 bits per heavy atom. The summed E-state index contributed by atoms with van der Waals surface area (Å²) in [6.07, 6.45) is 6.08. The van der Waals surface area contributed by atoms with Crippen LogP contribution >= 0.6 is 0 Å². The molecule has 7 nitrogen and oxygen atoms in total. The molecule has 3 amide bonds. The van der Waals surface area contributed by atoms with Crippen molar-refractivity contribution in [1.82, 2.24) is 15.2 Å². The normalized spacial score (nSPS) is 15.2. The summed E-state index contributed by atoms with van der Waals surface area (Å²) in [5.41, 5.74) is 0.0316. The summed E-state index contributed by atoms with van der Waals surface area (Å²) in [5, 5.41) is 5.69. The highest BCUT2D eigenvalue weighted by Gasteiger charge is 2.37. The number of hydrogen-bond donors (Lipinski definition) is 2. The monoisotopic (exact) mass is 482 g/mol. The molecule has 8 heteroatoms. The number of halogens is 1. The molecule has 1 atom stereocenters. The van der Waals surface area contributed by atoms with Crippen LogP contribution < -0.4 is 10.6 Å². The fourth-order valence-corrected chi connectivity index (χ4v) is 4.43. The molecule has 0 unspecified atom stereocenters. The van der Waals surface area contributed by atoms with Gasteiger partial charge in [0.05, 0.1) is 0 Å². The third-order valence-corrected chi connectivity index (χ3v) is 5.96. The first-order valence-corrected chi connectivity index (χ1v) is 12.2. The van der Waals surface area contributed by atoms with Crippen molar-refractivity contribution in [2.75, 3.05) is 5.32 Å². The molecule has 1 aliphatic rings. The standard InChI is InChI=1S/C27H35FN4O3/c1-27(2,3)31-26(35)25(19-12-14-20(28)15-13-19)32(21-9-5-4-6-10-21)24(34)17-16-23(33)30-22-11-7-8-18-29-22/h7-8,11-15,18,21,25H,4-6,9-10,16-17H2,1-3H3,(H,31,35)(H,29,30,33)/t25-/m1/s1. The third kappa shape index (κ3) is 7.87. The molecule has 1 heterocycles. The van der Waals surface area contributed by atoms with E-state index in [9.17, 15) is 18.8 Å². The van der Waals surface area contributed by atoms with Crippen LogP contribution in [0.25, 0.3) is 0 Å². The molecule has 0 spiro atoms. The lowest BCUT2D eigenvalue weighted by Crippen LogP contribution is -2.52. The maximum atomic E-state index is 13.7. The summed E-state index contributed by atoms with van der Waals surface area (Å²) >= 11 is 0. The number of benzene rings is 1. The highest BCUT2D eigenvalue weighted by atomic mass is 19.1. The zero-order valence-electron chi connectivity index (χ0n) is 20.7. The Bertz CT molecular complexity index is 999. The van der Waals surface area contributed by atoms with Crippen LogP contribution in [0.1, 0.15) is 77.3 Å². The number of anilines is 1. The van der Waals surface area contributed by atoms with E-state index in [4.69, 9.17) is 0 Å². The number of hydrogen-bond acceptors (Lipinski definition) is 4. The van der Waals surface area contributed by atoms with Crippen LogP contribution in [0, 0.1) is 5.82 Å². The maximum Gasteiger partial charge on any atom is 0.247 e. The highest BCUT2D eigenvalue weighted by molar-refractivity contribution is 5.94. The topological polar surface area (TPSA) is 91.4 Å².